The van der Waals surface area contributed by atoms with E-state index in [1.807, 2.05) is 25.1 Å². The summed E-state index contributed by atoms with van der Waals surface area (Å²) in [6.45, 7) is 2.02. The molecule has 4 rings (SSSR count). The first-order valence-electron chi connectivity index (χ1n) is 7.74. The van der Waals surface area contributed by atoms with Gasteiger partial charge in [-0.25, -0.2) is 0 Å². The number of amides is 1. The summed E-state index contributed by atoms with van der Waals surface area (Å²) in [5.74, 6) is 1.02. The Kier molecular flexibility index (Phi) is 4.22. The lowest BCUT2D eigenvalue weighted by molar-refractivity contribution is 0.102. The quantitative estimate of drug-likeness (QED) is 0.681. The summed E-state index contributed by atoms with van der Waals surface area (Å²) in [5.41, 5.74) is 3.11. The van der Waals surface area contributed by atoms with E-state index in [9.17, 15) is 4.79 Å². The maximum Gasteiger partial charge on any atom is 0.255 e. The fraction of sp³-hybridized carbons (Fsp3) is 0.111. The molecule has 0 spiro atoms. The van der Waals surface area contributed by atoms with E-state index < -0.39 is 0 Å². The van der Waals surface area contributed by atoms with Gasteiger partial charge in [-0.05, 0) is 43.3 Å². The van der Waals surface area contributed by atoms with Crippen molar-refractivity contribution in [2.75, 3.05) is 12.1 Å². The van der Waals surface area contributed by atoms with E-state index in [2.05, 4.69) is 15.5 Å². The Morgan fingerprint density at radius 3 is 2.73 bits per heavy atom. The molecule has 0 aliphatic carbocycles. The van der Waals surface area contributed by atoms with E-state index in [-0.39, 0.29) is 12.7 Å². The molecule has 1 aliphatic heterocycles. The summed E-state index contributed by atoms with van der Waals surface area (Å²) in [7, 11) is 0. The van der Waals surface area contributed by atoms with Gasteiger partial charge in [0, 0.05) is 11.1 Å². The van der Waals surface area contributed by atoms with Crippen molar-refractivity contribution in [1.82, 2.24) is 10.2 Å². The molecule has 2 aromatic carbocycles. The predicted molar refractivity (Wildman–Crippen MR) is 99.3 cm³/mol. The number of carbonyl (C=O) groups is 1. The molecule has 6 nitrogen and oxygen atoms in total. The first-order chi connectivity index (χ1) is 12.5. The Hall–Kier alpha value is -2.70. The number of rotatable bonds is 3. The number of aromatic amines is 1. The van der Waals surface area contributed by atoms with Crippen LogP contribution in [0.1, 0.15) is 16.1 Å². The van der Waals surface area contributed by atoms with E-state index in [4.69, 9.17) is 32.7 Å². The van der Waals surface area contributed by atoms with Crippen LogP contribution in [0.2, 0.25) is 10.0 Å². The minimum Gasteiger partial charge on any atom is -0.454 e. The highest BCUT2D eigenvalue weighted by atomic mass is 35.5. The van der Waals surface area contributed by atoms with Gasteiger partial charge < -0.3 is 14.8 Å². The highest BCUT2D eigenvalue weighted by Crippen LogP contribution is 2.38. The van der Waals surface area contributed by atoms with Crippen LogP contribution in [-0.2, 0) is 0 Å². The summed E-state index contributed by atoms with van der Waals surface area (Å²) in [4.78, 5) is 12.6. The molecule has 1 amide bonds. The number of fused-ring (bicyclic) bond motifs is 1. The molecular weight excluding hydrogens is 377 g/mol. The molecule has 1 aromatic heterocycles. The van der Waals surface area contributed by atoms with Crippen LogP contribution < -0.4 is 14.8 Å². The third kappa shape index (κ3) is 2.98. The Balaban J connectivity index is 1.66. The van der Waals surface area contributed by atoms with E-state index >= 15 is 0 Å². The molecule has 0 saturated heterocycles. The van der Waals surface area contributed by atoms with Gasteiger partial charge in [0.2, 0.25) is 6.79 Å². The number of nitrogens with zero attached hydrogens (tertiary/aromatic N) is 1. The summed E-state index contributed by atoms with van der Waals surface area (Å²) in [5, 5.41) is 10.8. The zero-order valence-electron chi connectivity index (χ0n) is 13.6. The first-order valence-corrected chi connectivity index (χ1v) is 8.50. The van der Waals surface area contributed by atoms with Gasteiger partial charge in [-0.15, -0.1) is 0 Å². The Morgan fingerprint density at radius 1 is 1.12 bits per heavy atom. The molecule has 0 bridgehead atoms. The van der Waals surface area contributed by atoms with Gasteiger partial charge in [-0.2, -0.15) is 5.10 Å². The van der Waals surface area contributed by atoms with Gasteiger partial charge in [-0.3, -0.25) is 9.89 Å². The summed E-state index contributed by atoms with van der Waals surface area (Å²) in [6, 6.07) is 10.2. The molecule has 0 atom stereocenters. The highest BCUT2D eigenvalue weighted by Gasteiger charge is 2.20. The lowest BCUT2D eigenvalue weighted by Gasteiger charge is -2.08. The van der Waals surface area contributed by atoms with Crippen molar-refractivity contribution in [3.05, 3.63) is 57.7 Å². The zero-order chi connectivity index (χ0) is 18.3. The number of halogens is 2. The number of aromatic nitrogens is 2. The number of nitrogens with one attached hydrogen (secondary N) is 2. The molecule has 26 heavy (non-hydrogen) atoms. The van der Waals surface area contributed by atoms with Gasteiger partial charge in [0.05, 0.1) is 21.4 Å². The molecular formula is C18H13Cl2N3O3. The molecule has 1 aliphatic rings. The molecule has 0 saturated carbocycles. The molecule has 0 unspecified atom stereocenters. The van der Waals surface area contributed by atoms with Crippen LogP contribution >= 0.6 is 23.2 Å². The molecule has 2 heterocycles. The average molecular weight is 390 g/mol. The van der Waals surface area contributed by atoms with Crippen LogP contribution in [0.5, 0.6) is 11.5 Å². The second kappa shape index (κ2) is 6.55. The van der Waals surface area contributed by atoms with Crippen LogP contribution in [0.25, 0.3) is 11.3 Å². The summed E-state index contributed by atoms with van der Waals surface area (Å²) < 4.78 is 10.7. The smallest absolute Gasteiger partial charge is 0.255 e. The van der Waals surface area contributed by atoms with Crippen molar-refractivity contribution in [3.8, 4) is 22.8 Å². The number of hydrogen-bond donors (Lipinski definition) is 2. The van der Waals surface area contributed by atoms with E-state index in [1.165, 1.54) is 6.07 Å². The van der Waals surface area contributed by atoms with Gasteiger partial charge in [0.25, 0.3) is 5.91 Å². The van der Waals surface area contributed by atoms with Crippen molar-refractivity contribution in [2.24, 2.45) is 0 Å². The van der Waals surface area contributed by atoms with Gasteiger partial charge in [0.1, 0.15) is 5.69 Å². The van der Waals surface area contributed by atoms with Crippen molar-refractivity contribution in [2.45, 2.75) is 6.92 Å². The van der Waals surface area contributed by atoms with Gasteiger partial charge >= 0.3 is 0 Å². The monoisotopic (exact) mass is 389 g/mol. The fourth-order valence-corrected chi connectivity index (χ4v) is 2.96. The SMILES string of the molecule is Cc1[nH]nc(-c2ccc3c(c2)OCO3)c1NC(=O)c1ccc(Cl)c(Cl)c1. The van der Waals surface area contributed by atoms with Crippen molar-refractivity contribution >= 4 is 34.8 Å². The molecule has 0 radical (unpaired) electrons. The molecule has 132 valence electrons. The molecule has 2 N–H and O–H groups in total. The lowest BCUT2D eigenvalue weighted by Crippen LogP contribution is -2.12. The van der Waals surface area contributed by atoms with E-state index in [0.29, 0.717) is 38.5 Å². The summed E-state index contributed by atoms with van der Waals surface area (Å²) >= 11 is 11.9. The predicted octanol–water partition coefficient (Wildman–Crippen LogP) is 4.67. The number of H-pyrrole nitrogens is 1. The largest absolute Gasteiger partial charge is 0.454 e. The molecule has 3 aromatic rings. The van der Waals surface area contributed by atoms with Crippen LogP contribution in [0.4, 0.5) is 5.69 Å². The van der Waals surface area contributed by atoms with E-state index in [1.54, 1.807) is 12.1 Å². The van der Waals surface area contributed by atoms with Crippen molar-refractivity contribution in [1.29, 1.82) is 0 Å². The van der Waals surface area contributed by atoms with Crippen LogP contribution in [-0.4, -0.2) is 22.9 Å². The van der Waals surface area contributed by atoms with Crippen molar-refractivity contribution in [3.63, 3.8) is 0 Å². The average Bonchev–Trinajstić information content (AvgIpc) is 3.23. The Bertz CT molecular complexity index is 1020. The maximum atomic E-state index is 12.6. The minimum atomic E-state index is -0.310. The van der Waals surface area contributed by atoms with Gasteiger partial charge in [-0.1, -0.05) is 23.2 Å². The minimum absolute atomic E-state index is 0.194. The molecule has 0 fully saturated rings. The number of hydrogen-bond acceptors (Lipinski definition) is 4. The lowest BCUT2D eigenvalue weighted by atomic mass is 10.1. The molecule has 8 heteroatoms. The second-order valence-corrected chi connectivity index (χ2v) is 6.54. The summed E-state index contributed by atoms with van der Waals surface area (Å²) in [6.07, 6.45) is 0. The third-order valence-corrected chi connectivity index (χ3v) is 4.75. The van der Waals surface area contributed by atoms with Crippen LogP contribution in [0.15, 0.2) is 36.4 Å². The highest BCUT2D eigenvalue weighted by molar-refractivity contribution is 6.42. The van der Waals surface area contributed by atoms with Crippen LogP contribution in [0, 0.1) is 6.92 Å². The van der Waals surface area contributed by atoms with Crippen LogP contribution in [0.3, 0.4) is 0 Å². The second-order valence-electron chi connectivity index (χ2n) is 5.72. The maximum absolute atomic E-state index is 12.6. The van der Waals surface area contributed by atoms with Gasteiger partial charge in [0.15, 0.2) is 11.5 Å². The normalized spacial score (nSPS) is 12.3. The Morgan fingerprint density at radius 2 is 1.92 bits per heavy atom. The Labute approximate surface area is 159 Å². The van der Waals surface area contributed by atoms with E-state index in [0.717, 1.165) is 11.3 Å². The third-order valence-electron chi connectivity index (χ3n) is 4.01. The number of anilines is 1. The van der Waals surface area contributed by atoms with Crippen molar-refractivity contribution < 1.29 is 14.3 Å². The topological polar surface area (TPSA) is 76.2 Å². The first kappa shape index (κ1) is 16.8. The fourth-order valence-electron chi connectivity index (χ4n) is 2.66. The standard InChI is InChI=1S/C18H13Cl2N3O3/c1-9-16(21-18(24)11-2-4-12(19)13(20)6-11)17(23-22-9)10-3-5-14-15(7-10)26-8-25-14/h2-7H,8H2,1H3,(H,21,24)(H,22,23). The number of aryl methyl sites for hydroxylation is 1. The number of ether oxygens (including phenoxy) is 2. The number of benzene rings is 2. The zero-order valence-corrected chi connectivity index (χ0v) is 15.1. The number of carbonyl (C=O) groups excluding carboxylic acids is 1.